The third-order valence-corrected chi connectivity index (χ3v) is 4.81. The van der Waals surface area contributed by atoms with Crippen molar-refractivity contribution in [3.8, 4) is 0 Å². The van der Waals surface area contributed by atoms with E-state index in [1.165, 1.54) is 0 Å². The Morgan fingerprint density at radius 3 is 2.41 bits per heavy atom. The first-order chi connectivity index (χ1) is 12.9. The molecule has 0 unspecified atom stereocenters. The van der Waals surface area contributed by atoms with Gasteiger partial charge in [-0.05, 0) is 48.6 Å². The second kappa shape index (κ2) is 9.86. The van der Waals surface area contributed by atoms with Crippen molar-refractivity contribution in [2.24, 2.45) is 0 Å². The van der Waals surface area contributed by atoms with Gasteiger partial charge in [0.15, 0.2) is 0 Å². The molecule has 5 nitrogen and oxygen atoms in total. The van der Waals surface area contributed by atoms with Crippen molar-refractivity contribution in [3.63, 3.8) is 0 Å². The smallest absolute Gasteiger partial charge is 0.224 e. The fourth-order valence-corrected chi connectivity index (χ4v) is 3.19. The van der Waals surface area contributed by atoms with Crippen LogP contribution in [0.25, 0.3) is 0 Å². The summed E-state index contributed by atoms with van der Waals surface area (Å²) in [6, 6.07) is 9.97. The van der Waals surface area contributed by atoms with Crippen LogP contribution in [0.4, 0.5) is 5.69 Å². The number of likely N-dealkylation sites (N-methyl/N-ethyl adjacent to an activating group) is 1. The summed E-state index contributed by atoms with van der Waals surface area (Å²) in [5.41, 5.74) is 4.29. The Balaban J connectivity index is 1.99. The molecule has 0 aliphatic heterocycles. The van der Waals surface area contributed by atoms with Crippen molar-refractivity contribution in [2.75, 3.05) is 25.0 Å². The summed E-state index contributed by atoms with van der Waals surface area (Å²) in [7, 11) is 1.81. The van der Waals surface area contributed by atoms with E-state index in [1.54, 1.807) is 29.1 Å². The number of aromatic nitrogens is 1. The van der Waals surface area contributed by atoms with Crippen molar-refractivity contribution < 1.29 is 9.59 Å². The maximum Gasteiger partial charge on any atom is 0.224 e. The van der Waals surface area contributed by atoms with Crippen molar-refractivity contribution in [1.29, 1.82) is 0 Å². The summed E-state index contributed by atoms with van der Waals surface area (Å²) in [4.78, 5) is 32.3. The van der Waals surface area contributed by atoms with E-state index in [4.69, 9.17) is 0 Å². The Kier molecular flexibility index (Phi) is 7.53. The molecular weight excluding hydrogens is 338 g/mol. The molecule has 27 heavy (non-hydrogen) atoms. The highest BCUT2D eigenvalue weighted by Gasteiger charge is 2.19. The van der Waals surface area contributed by atoms with Crippen molar-refractivity contribution >= 4 is 17.5 Å². The predicted molar refractivity (Wildman–Crippen MR) is 109 cm³/mol. The highest BCUT2D eigenvalue weighted by atomic mass is 16.2. The lowest BCUT2D eigenvalue weighted by Gasteiger charge is -2.26. The highest BCUT2D eigenvalue weighted by Crippen LogP contribution is 2.26. The third-order valence-electron chi connectivity index (χ3n) is 4.81. The molecule has 0 spiro atoms. The number of rotatable bonds is 8. The molecule has 0 atom stereocenters. The lowest BCUT2D eigenvalue weighted by Crippen LogP contribution is -2.36. The maximum atomic E-state index is 12.5. The first-order valence-corrected chi connectivity index (χ1v) is 9.43. The summed E-state index contributed by atoms with van der Waals surface area (Å²) in [5, 5.41) is 0. The second-order valence-electron chi connectivity index (χ2n) is 6.78. The number of benzene rings is 1. The van der Waals surface area contributed by atoms with E-state index in [2.05, 4.69) is 11.9 Å². The van der Waals surface area contributed by atoms with Crippen LogP contribution in [-0.2, 0) is 22.4 Å². The fourth-order valence-electron chi connectivity index (χ4n) is 3.19. The molecule has 144 valence electrons. The molecule has 0 bridgehead atoms. The number of amides is 2. The molecule has 0 radical (unpaired) electrons. The Hall–Kier alpha value is -2.69. The molecule has 1 aromatic heterocycles. The number of carbonyl (C=O) groups is 2. The fraction of sp³-hybridized carbons (Fsp3) is 0.409. The summed E-state index contributed by atoms with van der Waals surface area (Å²) in [5.74, 6) is 0.00757. The van der Waals surface area contributed by atoms with Gasteiger partial charge in [0.05, 0.1) is 0 Å². The standard InChI is InChI=1S/C22H29N3O2/c1-5-20-8-6-7-17(2)22(20)25(18(3)26)16-12-21(27)24(4)15-11-19-9-13-23-14-10-19/h6-10,13-14H,5,11-12,15-16H2,1-4H3. The van der Waals surface area contributed by atoms with Crippen LogP contribution < -0.4 is 4.90 Å². The Morgan fingerprint density at radius 1 is 1.07 bits per heavy atom. The van der Waals surface area contributed by atoms with Gasteiger partial charge < -0.3 is 9.80 Å². The number of para-hydroxylation sites is 1. The molecule has 5 heteroatoms. The van der Waals surface area contributed by atoms with E-state index in [0.29, 0.717) is 19.5 Å². The number of hydrogen-bond donors (Lipinski definition) is 0. The minimum absolute atomic E-state index is 0.0359. The van der Waals surface area contributed by atoms with Gasteiger partial charge in [-0.2, -0.15) is 0 Å². The molecule has 2 aromatic rings. The van der Waals surface area contributed by atoms with Crippen LogP contribution in [0.3, 0.4) is 0 Å². The molecule has 0 aliphatic carbocycles. The Bertz CT molecular complexity index is 774. The van der Waals surface area contributed by atoms with Crippen LogP contribution in [0.5, 0.6) is 0 Å². The van der Waals surface area contributed by atoms with Gasteiger partial charge in [0.1, 0.15) is 0 Å². The number of pyridine rings is 1. The van der Waals surface area contributed by atoms with Gasteiger partial charge in [0.2, 0.25) is 11.8 Å². The number of carbonyl (C=O) groups excluding carboxylic acids is 2. The van der Waals surface area contributed by atoms with Gasteiger partial charge in [0, 0.05) is 51.6 Å². The van der Waals surface area contributed by atoms with Gasteiger partial charge in [-0.3, -0.25) is 14.6 Å². The Morgan fingerprint density at radius 2 is 1.78 bits per heavy atom. The minimum atomic E-state index is -0.0359. The molecule has 0 saturated carbocycles. The average Bonchev–Trinajstić information content (AvgIpc) is 2.67. The van der Waals surface area contributed by atoms with E-state index < -0.39 is 0 Å². The Labute approximate surface area is 162 Å². The van der Waals surface area contributed by atoms with Gasteiger partial charge in [-0.1, -0.05) is 25.1 Å². The molecule has 0 N–H and O–H groups in total. The number of anilines is 1. The van der Waals surface area contributed by atoms with Crippen LogP contribution in [0.1, 0.15) is 37.0 Å². The first kappa shape index (κ1) is 20.6. The van der Waals surface area contributed by atoms with Gasteiger partial charge in [-0.25, -0.2) is 0 Å². The topological polar surface area (TPSA) is 53.5 Å². The summed E-state index contributed by atoms with van der Waals surface area (Å²) >= 11 is 0. The average molecular weight is 367 g/mol. The SMILES string of the molecule is CCc1cccc(C)c1N(CCC(=O)N(C)CCc1ccncc1)C(C)=O. The van der Waals surface area contributed by atoms with E-state index in [9.17, 15) is 9.59 Å². The lowest BCUT2D eigenvalue weighted by atomic mass is 10.0. The van der Waals surface area contributed by atoms with Gasteiger partial charge in [-0.15, -0.1) is 0 Å². The van der Waals surface area contributed by atoms with Crippen LogP contribution in [-0.4, -0.2) is 41.8 Å². The third kappa shape index (κ3) is 5.64. The monoisotopic (exact) mass is 367 g/mol. The zero-order valence-electron chi connectivity index (χ0n) is 16.7. The van der Waals surface area contributed by atoms with Crippen LogP contribution in [0.15, 0.2) is 42.7 Å². The van der Waals surface area contributed by atoms with E-state index in [0.717, 1.165) is 35.2 Å². The summed E-state index contributed by atoms with van der Waals surface area (Å²) < 4.78 is 0. The van der Waals surface area contributed by atoms with Crippen molar-refractivity contribution in [1.82, 2.24) is 9.88 Å². The molecule has 2 rings (SSSR count). The normalized spacial score (nSPS) is 10.5. The maximum absolute atomic E-state index is 12.5. The van der Waals surface area contributed by atoms with Crippen LogP contribution >= 0.6 is 0 Å². The quantitative estimate of drug-likeness (QED) is 0.719. The number of aryl methyl sites for hydroxylation is 2. The summed E-state index contributed by atoms with van der Waals surface area (Å²) in [6.45, 7) is 6.68. The van der Waals surface area contributed by atoms with Crippen LogP contribution in [0.2, 0.25) is 0 Å². The number of hydrogen-bond acceptors (Lipinski definition) is 3. The molecule has 0 fully saturated rings. The molecule has 0 saturated heterocycles. The molecular formula is C22H29N3O2. The minimum Gasteiger partial charge on any atom is -0.345 e. The van der Waals surface area contributed by atoms with Gasteiger partial charge >= 0.3 is 0 Å². The van der Waals surface area contributed by atoms with E-state index in [1.807, 2.05) is 44.3 Å². The molecule has 2 amide bonds. The second-order valence-corrected chi connectivity index (χ2v) is 6.78. The highest BCUT2D eigenvalue weighted by molar-refractivity contribution is 5.94. The number of nitrogens with zero attached hydrogens (tertiary/aromatic N) is 3. The van der Waals surface area contributed by atoms with E-state index in [-0.39, 0.29) is 11.8 Å². The molecule has 1 aromatic carbocycles. The summed E-state index contributed by atoms with van der Waals surface area (Å²) in [6.07, 6.45) is 5.47. The lowest BCUT2D eigenvalue weighted by molar-refractivity contribution is -0.129. The molecule has 0 aliphatic rings. The zero-order chi connectivity index (χ0) is 19.8. The largest absolute Gasteiger partial charge is 0.345 e. The van der Waals surface area contributed by atoms with E-state index >= 15 is 0 Å². The first-order valence-electron chi connectivity index (χ1n) is 9.43. The zero-order valence-corrected chi connectivity index (χ0v) is 16.7. The van der Waals surface area contributed by atoms with Gasteiger partial charge in [0.25, 0.3) is 0 Å². The molecule has 1 heterocycles. The van der Waals surface area contributed by atoms with Crippen LogP contribution in [0, 0.1) is 6.92 Å². The van der Waals surface area contributed by atoms with Crippen molar-refractivity contribution in [2.45, 2.75) is 40.0 Å². The predicted octanol–water partition coefficient (Wildman–Crippen LogP) is 3.40. The van der Waals surface area contributed by atoms with Crippen molar-refractivity contribution in [3.05, 3.63) is 59.4 Å².